The van der Waals surface area contributed by atoms with Gasteiger partial charge in [-0.3, -0.25) is 0 Å². The van der Waals surface area contributed by atoms with E-state index < -0.39 is 0 Å². The molecule has 0 unspecified atom stereocenters. The highest BCUT2D eigenvalue weighted by molar-refractivity contribution is 6.19. The van der Waals surface area contributed by atoms with E-state index in [1.807, 2.05) is 25.1 Å². The minimum atomic E-state index is 0.439. The van der Waals surface area contributed by atoms with Crippen molar-refractivity contribution in [2.75, 3.05) is 20.1 Å². The molecule has 1 aromatic rings. The maximum atomic E-state index is 6.15. The molecule has 0 fully saturated rings. The van der Waals surface area contributed by atoms with Gasteiger partial charge in [-0.1, -0.05) is 13.0 Å². The number of ether oxygens (including phenoxy) is 2. The Labute approximate surface area is 126 Å². The highest BCUT2D eigenvalue weighted by Gasteiger charge is 2.10. The number of allylic oxidation sites excluding steroid dienone is 3. The molecule has 0 aromatic heterocycles. The minimum absolute atomic E-state index is 0.439. The van der Waals surface area contributed by atoms with Crippen molar-refractivity contribution < 1.29 is 9.47 Å². The summed E-state index contributed by atoms with van der Waals surface area (Å²) >= 11 is 5.90. The van der Waals surface area contributed by atoms with E-state index in [1.54, 1.807) is 14.2 Å². The summed E-state index contributed by atoms with van der Waals surface area (Å²) in [6.45, 7) is 4.01. The summed E-state index contributed by atoms with van der Waals surface area (Å²) in [5.74, 6) is 1.94. The minimum Gasteiger partial charge on any atom is -0.496 e. The zero-order valence-electron chi connectivity index (χ0n) is 12.5. The van der Waals surface area contributed by atoms with Crippen molar-refractivity contribution >= 4 is 17.3 Å². The Morgan fingerprint density at radius 2 is 1.80 bits per heavy atom. The second kappa shape index (κ2) is 7.85. The molecule has 0 aliphatic heterocycles. The molecule has 0 atom stereocenters. The molecule has 0 aliphatic carbocycles. The first-order chi connectivity index (χ1) is 9.57. The molecule has 0 amide bonds. The lowest BCUT2D eigenvalue weighted by atomic mass is 10.1. The van der Waals surface area contributed by atoms with Gasteiger partial charge >= 0.3 is 0 Å². The van der Waals surface area contributed by atoms with Crippen LogP contribution in [0, 0.1) is 6.92 Å². The fraction of sp³-hybridized carbons (Fsp3) is 0.375. The van der Waals surface area contributed by atoms with Crippen LogP contribution in [0.1, 0.15) is 24.5 Å². The molecule has 0 saturated carbocycles. The van der Waals surface area contributed by atoms with Crippen molar-refractivity contribution in [3.8, 4) is 11.5 Å². The summed E-state index contributed by atoms with van der Waals surface area (Å²) in [6.07, 6.45) is 4.87. The number of nitrogens with two attached hydrogens (primary N) is 1. The number of hydrogen-bond acceptors (Lipinski definition) is 3. The number of rotatable bonds is 6. The number of hydrogen-bond donors (Lipinski definition) is 1. The van der Waals surface area contributed by atoms with Crippen LogP contribution < -0.4 is 15.2 Å². The lowest BCUT2D eigenvalue weighted by Gasteiger charge is -2.13. The highest BCUT2D eigenvalue weighted by atomic mass is 35.5. The summed E-state index contributed by atoms with van der Waals surface area (Å²) in [5.41, 5.74) is 9.60. The van der Waals surface area contributed by atoms with Crippen molar-refractivity contribution in [3.05, 3.63) is 41.0 Å². The van der Waals surface area contributed by atoms with Crippen LogP contribution in [0.5, 0.6) is 11.5 Å². The van der Waals surface area contributed by atoms with Crippen molar-refractivity contribution in [2.45, 2.75) is 20.3 Å². The van der Waals surface area contributed by atoms with E-state index in [0.29, 0.717) is 11.6 Å². The molecule has 1 rings (SSSR count). The second-order valence-corrected chi connectivity index (χ2v) is 4.69. The molecule has 4 heteroatoms. The van der Waals surface area contributed by atoms with E-state index in [1.165, 1.54) is 0 Å². The van der Waals surface area contributed by atoms with Crippen molar-refractivity contribution in [1.82, 2.24) is 0 Å². The summed E-state index contributed by atoms with van der Waals surface area (Å²) in [4.78, 5) is 0. The van der Waals surface area contributed by atoms with Crippen molar-refractivity contribution in [3.63, 3.8) is 0 Å². The molecule has 0 radical (unpaired) electrons. The lowest BCUT2D eigenvalue weighted by Crippen LogP contribution is -2.01. The zero-order valence-corrected chi connectivity index (χ0v) is 13.3. The van der Waals surface area contributed by atoms with E-state index >= 15 is 0 Å². The van der Waals surface area contributed by atoms with Crippen LogP contribution in [0.2, 0.25) is 0 Å². The number of benzene rings is 1. The first-order valence-corrected chi connectivity index (χ1v) is 7.05. The van der Waals surface area contributed by atoms with Gasteiger partial charge in [0, 0.05) is 22.7 Å². The summed E-state index contributed by atoms with van der Waals surface area (Å²) in [5, 5.41) is 0. The van der Waals surface area contributed by atoms with Gasteiger partial charge in [-0.25, -0.2) is 0 Å². The molecule has 20 heavy (non-hydrogen) atoms. The maximum Gasteiger partial charge on any atom is 0.126 e. The van der Waals surface area contributed by atoms with Gasteiger partial charge in [0.15, 0.2) is 0 Å². The normalized spacial score (nSPS) is 12.4. The number of alkyl halides is 1. The molecular formula is C16H22ClNO2. The van der Waals surface area contributed by atoms with Crippen LogP contribution in [-0.2, 0) is 0 Å². The topological polar surface area (TPSA) is 44.5 Å². The molecule has 0 bridgehead atoms. The molecule has 0 saturated heterocycles. The number of halogens is 1. The van der Waals surface area contributed by atoms with E-state index in [-0.39, 0.29) is 0 Å². The van der Waals surface area contributed by atoms with Gasteiger partial charge in [-0.2, -0.15) is 0 Å². The fourth-order valence-electron chi connectivity index (χ4n) is 1.95. The Kier molecular flexibility index (Phi) is 6.46. The largest absolute Gasteiger partial charge is 0.496 e. The van der Waals surface area contributed by atoms with Gasteiger partial charge in [0.25, 0.3) is 0 Å². The summed E-state index contributed by atoms with van der Waals surface area (Å²) in [6, 6.07) is 3.81. The van der Waals surface area contributed by atoms with Crippen LogP contribution in [0.25, 0.3) is 5.70 Å². The fourth-order valence-corrected chi connectivity index (χ4v) is 2.14. The standard InChI is InChI=1S/C16H22ClNO2/c1-5-6-12(10-17)7-14(18)13-8-15(19-3)11(2)16(9-13)20-4/h6-9H,5,10,18H2,1-4H3/b12-6-,14-7-. The Morgan fingerprint density at radius 3 is 2.20 bits per heavy atom. The predicted molar refractivity (Wildman–Crippen MR) is 85.5 cm³/mol. The average molecular weight is 296 g/mol. The third kappa shape index (κ3) is 3.94. The quantitative estimate of drug-likeness (QED) is 0.640. The molecule has 2 N–H and O–H groups in total. The lowest BCUT2D eigenvalue weighted by molar-refractivity contribution is 0.388. The van der Waals surface area contributed by atoms with Crippen LogP contribution in [-0.4, -0.2) is 20.1 Å². The molecule has 1 aromatic carbocycles. The van der Waals surface area contributed by atoms with Gasteiger partial charge in [0.05, 0.1) is 14.2 Å². The summed E-state index contributed by atoms with van der Waals surface area (Å²) < 4.78 is 10.7. The van der Waals surface area contributed by atoms with E-state index in [0.717, 1.165) is 34.6 Å². The van der Waals surface area contributed by atoms with E-state index in [4.69, 9.17) is 26.8 Å². The van der Waals surface area contributed by atoms with Gasteiger partial charge in [-0.15, -0.1) is 11.6 Å². The Hall–Kier alpha value is -1.61. The zero-order chi connectivity index (χ0) is 15.1. The van der Waals surface area contributed by atoms with Crippen LogP contribution in [0.15, 0.2) is 29.9 Å². The predicted octanol–water partition coefficient (Wildman–Crippen LogP) is 3.89. The number of methoxy groups -OCH3 is 2. The first-order valence-electron chi connectivity index (χ1n) is 6.52. The van der Waals surface area contributed by atoms with Crippen molar-refractivity contribution in [1.29, 1.82) is 0 Å². The highest BCUT2D eigenvalue weighted by Crippen LogP contribution is 2.31. The van der Waals surface area contributed by atoms with Gasteiger partial charge in [-0.05, 0) is 37.1 Å². The van der Waals surface area contributed by atoms with E-state index in [2.05, 4.69) is 13.0 Å². The van der Waals surface area contributed by atoms with Gasteiger partial charge < -0.3 is 15.2 Å². The molecule has 0 heterocycles. The molecular weight excluding hydrogens is 274 g/mol. The molecule has 3 nitrogen and oxygen atoms in total. The Morgan fingerprint density at radius 1 is 1.25 bits per heavy atom. The maximum absolute atomic E-state index is 6.15. The van der Waals surface area contributed by atoms with Crippen molar-refractivity contribution in [2.24, 2.45) is 5.73 Å². The monoisotopic (exact) mass is 295 g/mol. The van der Waals surface area contributed by atoms with Crippen LogP contribution >= 0.6 is 11.6 Å². The molecule has 0 aliphatic rings. The second-order valence-electron chi connectivity index (χ2n) is 4.43. The van der Waals surface area contributed by atoms with Crippen LogP contribution in [0.4, 0.5) is 0 Å². The smallest absolute Gasteiger partial charge is 0.126 e. The van der Waals surface area contributed by atoms with Gasteiger partial charge in [0.2, 0.25) is 0 Å². The average Bonchev–Trinajstić information content (AvgIpc) is 2.46. The third-order valence-electron chi connectivity index (χ3n) is 3.05. The summed E-state index contributed by atoms with van der Waals surface area (Å²) in [7, 11) is 3.26. The molecule has 0 spiro atoms. The Bertz CT molecular complexity index is 496. The Balaban J connectivity index is 3.25. The van der Waals surface area contributed by atoms with Gasteiger partial charge in [0.1, 0.15) is 11.5 Å². The third-order valence-corrected chi connectivity index (χ3v) is 3.36. The van der Waals surface area contributed by atoms with E-state index in [9.17, 15) is 0 Å². The SMILES string of the molecule is CC/C=C(/C=C(\N)c1cc(OC)c(C)c(OC)c1)CCl. The van der Waals surface area contributed by atoms with Crippen LogP contribution in [0.3, 0.4) is 0 Å². The molecule has 110 valence electrons. The first kappa shape index (κ1) is 16.4.